The van der Waals surface area contributed by atoms with Crippen molar-refractivity contribution in [1.29, 1.82) is 0 Å². The number of hydrogen-bond acceptors (Lipinski definition) is 9. The van der Waals surface area contributed by atoms with E-state index >= 15 is 0 Å². The predicted octanol–water partition coefficient (Wildman–Crippen LogP) is 0.598. The summed E-state index contributed by atoms with van der Waals surface area (Å²) >= 11 is 0. The largest absolute Gasteiger partial charge is 0.465 e. The van der Waals surface area contributed by atoms with E-state index in [1.54, 1.807) is 0 Å². The molecule has 0 aromatic carbocycles. The topological polar surface area (TPSA) is 135 Å². The number of esters is 2. The predicted molar refractivity (Wildman–Crippen MR) is 88.2 cm³/mol. The molecule has 4 bridgehead atoms. The number of hydrogen-bond donors (Lipinski definition) is 1. The van der Waals surface area contributed by atoms with Gasteiger partial charge in [-0.25, -0.2) is 9.59 Å². The lowest BCUT2D eigenvalue weighted by Crippen LogP contribution is -2.66. The Hall–Kier alpha value is -1.41. The lowest BCUT2D eigenvalue weighted by molar-refractivity contribution is -0.334. The normalized spacial score (nSPS) is 46.9. The molecular weight excluding hydrogens is 434 g/mol. The SMILES string of the molecule is COC1OC(=O)C2OC3(OC12)C1CC2CC3CC(OC(=O)C(F)(F)S(=O)(=O)O)(C2)C1. The minimum atomic E-state index is -5.96. The van der Waals surface area contributed by atoms with Crippen LogP contribution in [0.15, 0.2) is 0 Å². The van der Waals surface area contributed by atoms with E-state index in [9.17, 15) is 26.8 Å². The first-order valence-corrected chi connectivity index (χ1v) is 11.0. The number of alkyl halides is 2. The van der Waals surface area contributed by atoms with Crippen molar-refractivity contribution in [2.75, 3.05) is 7.11 Å². The number of methoxy groups -OCH3 is 1. The van der Waals surface area contributed by atoms with E-state index in [1.165, 1.54) is 7.11 Å². The molecule has 30 heavy (non-hydrogen) atoms. The minimum Gasteiger partial charge on any atom is -0.454 e. The van der Waals surface area contributed by atoms with Crippen LogP contribution < -0.4 is 0 Å². The van der Waals surface area contributed by atoms with Crippen LogP contribution in [0.5, 0.6) is 0 Å². The van der Waals surface area contributed by atoms with Crippen molar-refractivity contribution in [2.45, 2.75) is 67.2 Å². The third kappa shape index (κ3) is 2.62. The third-order valence-electron chi connectivity index (χ3n) is 7.04. The van der Waals surface area contributed by atoms with Crippen molar-refractivity contribution in [3.8, 4) is 0 Å². The van der Waals surface area contributed by atoms with E-state index < -0.39 is 57.2 Å². The first-order chi connectivity index (χ1) is 13.9. The number of halogens is 2. The van der Waals surface area contributed by atoms with Crippen molar-refractivity contribution in [3.63, 3.8) is 0 Å². The van der Waals surface area contributed by atoms with Crippen LogP contribution in [-0.4, -0.2) is 67.2 Å². The van der Waals surface area contributed by atoms with Gasteiger partial charge in [0.25, 0.3) is 0 Å². The summed E-state index contributed by atoms with van der Waals surface area (Å²) in [6, 6.07) is 0. The van der Waals surface area contributed by atoms with Crippen molar-refractivity contribution >= 4 is 22.1 Å². The fraction of sp³-hybridized carbons (Fsp3) is 0.882. The molecule has 0 radical (unpaired) electrons. The molecule has 1 N–H and O–H groups in total. The highest BCUT2D eigenvalue weighted by atomic mass is 32.2. The molecule has 2 saturated heterocycles. The summed E-state index contributed by atoms with van der Waals surface area (Å²) in [5.74, 6) is -4.72. The number of cyclic esters (lactones) is 1. The Morgan fingerprint density at radius 1 is 1.20 bits per heavy atom. The molecule has 168 valence electrons. The Bertz CT molecular complexity index is 888. The fourth-order valence-corrected chi connectivity index (χ4v) is 6.36. The van der Waals surface area contributed by atoms with Gasteiger partial charge in [0.05, 0.1) is 0 Å². The van der Waals surface area contributed by atoms with Gasteiger partial charge >= 0.3 is 27.3 Å². The number of rotatable bonds is 4. The maximum absolute atomic E-state index is 13.8. The standard InChI is InChI=1S/C17H20F2O10S/c1-25-13-11-10(12(20)26-13)27-16(28-11)8-2-7-3-9(16)6-15(4-7,5-8)29-14(21)17(18,19)30(22,23)24/h7-11,13H,2-6H2,1H3,(H,22,23,24). The van der Waals surface area contributed by atoms with Gasteiger partial charge < -0.3 is 23.7 Å². The number of carbonyl (C=O) groups excluding carboxylic acids is 2. The van der Waals surface area contributed by atoms with Crippen LogP contribution in [0.1, 0.15) is 32.1 Å². The van der Waals surface area contributed by atoms with Crippen molar-refractivity contribution < 1.29 is 55.0 Å². The maximum atomic E-state index is 13.8. The molecule has 4 saturated carbocycles. The molecule has 0 amide bonds. The Labute approximate surface area is 169 Å². The molecule has 1 spiro atoms. The van der Waals surface area contributed by atoms with Crippen LogP contribution in [0.4, 0.5) is 8.78 Å². The van der Waals surface area contributed by atoms with E-state index in [2.05, 4.69) is 0 Å². The zero-order valence-electron chi connectivity index (χ0n) is 15.8. The van der Waals surface area contributed by atoms with Gasteiger partial charge in [0, 0.05) is 18.9 Å². The van der Waals surface area contributed by atoms with Gasteiger partial charge in [-0.15, -0.1) is 0 Å². The molecule has 5 atom stereocenters. The summed E-state index contributed by atoms with van der Waals surface area (Å²) in [6.07, 6.45) is -0.873. The summed E-state index contributed by atoms with van der Waals surface area (Å²) in [5.41, 5.74) is -1.31. The zero-order chi connectivity index (χ0) is 21.7. The summed E-state index contributed by atoms with van der Waals surface area (Å²) < 4.78 is 85.5. The average Bonchev–Trinajstić information content (AvgIpc) is 3.16. The molecule has 5 unspecified atom stereocenters. The monoisotopic (exact) mass is 454 g/mol. The lowest BCUT2D eigenvalue weighted by Gasteiger charge is -2.62. The lowest BCUT2D eigenvalue weighted by atomic mass is 9.51. The summed E-state index contributed by atoms with van der Waals surface area (Å²) in [5, 5.41) is -5.05. The quantitative estimate of drug-likeness (QED) is 0.475. The van der Waals surface area contributed by atoms with Crippen LogP contribution in [-0.2, 0) is 43.4 Å². The Kier molecular flexibility index (Phi) is 4.16. The average molecular weight is 454 g/mol. The first kappa shape index (κ1) is 20.5. The molecular formula is C17H20F2O10S. The first-order valence-electron chi connectivity index (χ1n) is 9.58. The van der Waals surface area contributed by atoms with E-state index in [-0.39, 0.29) is 30.6 Å². The number of carbonyl (C=O) groups is 2. The highest BCUT2D eigenvalue weighted by Gasteiger charge is 2.72. The number of ether oxygens (including phenoxy) is 5. The van der Waals surface area contributed by atoms with E-state index in [4.69, 9.17) is 28.2 Å². The van der Waals surface area contributed by atoms with E-state index in [0.717, 1.165) is 0 Å². The smallest absolute Gasteiger partial charge is 0.454 e. The van der Waals surface area contributed by atoms with Gasteiger partial charge in [0.2, 0.25) is 6.29 Å². The Morgan fingerprint density at radius 3 is 2.40 bits per heavy atom. The van der Waals surface area contributed by atoms with Gasteiger partial charge in [-0.1, -0.05) is 0 Å². The van der Waals surface area contributed by atoms with Gasteiger partial charge in [0.15, 0.2) is 18.0 Å². The van der Waals surface area contributed by atoms with Crippen LogP contribution >= 0.6 is 0 Å². The Morgan fingerprint density at radius 2 is 1.83 bits per heavy atom. The van der Waals surface area contributed by atoms with Gasteiger partial charge in [-0.05, 0) is 38.0 Å². The maximum Gasteiger partial charge on any atom is 0.465 e. The fourth-order valence-electron chi connectivity index (χ4n) is 6.11. The molecule has 4 aliphatic carbocycles. The Balaban J connectivity index is 1.40. The van der Waals surface area contributed by atoms with Crippen molar-refractivity contribution in [1.82, 2.24) is 0 Å². The molecule has 2 aliphatic heterocycles. The molecule has 2 heterocycles. The molecule has 0 aromatic heterocycles. The van der Waals surface area contributed by atoms with Crippen LogP contribution in [0.2, 0.25) is 0 Å². The van der Waals surface area contributed by atoms with Gasteiger partial charge in [-0.3, -0.25) is 4.55 Å². The molecule has 6 rings (SSSR count). The van der Waals surface area contributed by atoms with Crippen molar-refractivity contribution in [2.24, 2.45) is 17.8 Å². The summed E-state index contributed by atoms with van der Waals surface area (Å²) in [6.45, 7) is 0. The molecule has 6 aliphatic rings. The molecule has 0 aromatic rings. The van der Waals surface area contributed by atoms with E-state index in [1.807, 2.05) is 0 Å². The second-order valence-corrected chi connectivity index (χ2v) is 10.3. The van der Waals surface area contributed by atoms with Gasteiger partial charge in [0.1, 0.15) is 5.60 Å². The minimum absolute atomic E-state index is 0.0399. The molecule has 6 fully saturated rings. The zero-order valence-corrected chi connectivity index (χ0v) is 16.6. The van der Waals surface area contributed by atoms with Gasteiger partial charge in [-0.2, -0.15) is 17.2 Å². The third-order valence-corrected chi connectivity index (χ3v) is 7.85. The second-order valence-electron chi connectivity index (χ2n) is 8.79. The van der Waals surface area contributed by atoms with Crippen LogP contribution in [0.25, 0.3) is 0 Å². The van der Waals surface area contributed by atoms with Crippen LogP contribution in [0, 0.1) is 17.8 Å². The second kappa shape index (κ2) is 6.09. The molecule has 13 heteroatoms. The molecule has 10 nitrogen and oxygen atoms in total. The van der Waals surface area contributed by atoms with Crippen molar-refractivity contribution in [3.05, 3.63) is 0 Å². The highest BCUT2D eigenvalue weighted by molar-refractivity contribution is 7.87. The summed E-state index contributed by atoms with van der Waals surface area (Å²) in [4.78, 5) is 24.1. The number of fused-ring (bicyclic) bond motifs is 1. The van der Waals surface area contributed by atoms with Crippen LogP contribution in [0.3, 0.4) is 0 Å². The van der Waals surface area contributed by atoms with E-state index in [0.29, 0.717) is 19.3 Å². The summed E-state index contributed by atoms with van der Waals surface area (Å²) in [7, 11) is -4.58. The highest BCUT2D eigenvalue weighted by Crippen LogP contribution is 2.65.